The van der Waals surface area contributed by atoms with E-state index in [1.807, 2.05) is 42.0 Å². The van der Waals surface area contributed by atoms with Crippen molar-refractivity contribution in [1.29, 1.82) is 0 Å². The molecule has 1 amide bonds. The summed E-state index contributed by atoms with van der Waals surface area (Å²) in [6.45, 7) is 3.41. The molecule has 92 valence electrons. The van der Waals surface area contributed by atoms with Crippen molar-refractivity contribution in [3.63, 3.8) is 0 Å². The molecule has 0 aliphatic heterocycles. The maximum Gasteiger partial charge on any atom is 0.264 e. The molecule has 0 atom stereocenters. The number of hydrogen-bond acceptors (Lipinski definition) is 1. The highest BCUT2D eigenvalue weighted by atomic mass is 79.9. The van der Waals surface area contributed by atoms with Crippen molar-refractivity contribution in [2.24, 2.45) is 7.05 Å². The Labute approximate surface area is 108 Å². The maximum absolute atomic E-state index is 11.7. The number of unbranched alkanes of at least 4 members (excludes halogenated alkanes) is 1. The molecular formula is C11H20BrN3O. The summed E-state index contributed by atoms with van der Waals surface area (Å²) in [5, 5.41) is 0. The fraction of sp³-hybridized carbons (Fsp3) is 0.636. The first-order chi connectivity index (χ1) is 7.13. The number of aryl methyl sites for hydroxylation is 1. The zero-order chi connectivity index (χ0) is 11.3. The summed E-state index contributed by atoms with van der Waals surface area (Å²) in [5.41, 5.74) is 0. The predicted molar refractivity (Wildman–Crippen MR) is 58.2 cm³/mol. The highest BCUT2D eigenvalue weighted by Crippen LogP contribution is 1.95. The van der Waals surface area contributed by atoms with Crippen molar-refractivity contribution in [1.82, 2.24) is 9.47 Å². The Morgan fingerprint density at radius 3 is 2.69 bits per heavy atom. The fourth-order valence-electron chi connectivity index (χ4n) is 1.39. The predicted octanol–water partition coefficient (Wildman–Crippen LogP) is -2.42. The van der Waals surface area contributed by atoms with E-state index in [1.54, 1.807) is 4.90 Å². The molecule has 0 aliphatic carbocycles. The molecule has 0 aliphatic rings. The van der Waals surface area contributed by atoms with Crippen molar-refractivity contribution >= 4 is 5.91 Å². The molecule has 0 radical (unpaired) electrons. The number of hydrogen-bond donors (Lipinski definition) is 0. The van der Waals surface area contributed by atoms with E-state index < -0.39 is 0 Å². The molecule has 1 aromatic rings. The molecule has 4 nitrogen and oxygen atoms in total. The SMILES string of the molecule is CCCCN(C)C(=O)Cn1cc[n+](C)c1.[Br-]. The first-order valence-corrected chi connectivity index (χ1v) is 5.38. The fourth-order valence-corrected chi connectivity index (χ4v) is 1.39. The normalized spacial score (nSPS) is 9.69. The number of aromatic nitrogens is 2. The Balaban J connectivity index is 0.00000225. The Bertz CT molecular complexity index is 325. The smallest absolute Gasteiger partial charge is 0.264 e. The average Bonchev–Trinajstić information content (AvgIpc) is 2.60. The van der Waals surface area contributed by atoms with Crippen LogP contribution < -0.4 is 21.5 Å². The third-order valence-electron chi connectivity index (χ3n) is 2.41. The summed E-state index contributed by atoms with van der Waals surface area (Å²) in [4.78, 5) is 13.5. The maximum atomic E-state index is 11.7. The highest BCUT2D eigenvalue weighted by Gasteiger charge is 2.11. The number of imidazole rings is 1. The lowest BCUT2D eigenvalue weighted by Gasteiger charge is -2.15. The topological polar surface area (TPSA) is 29.1 Å². The van der Waals surface area contributed by atoms with E-state index in [1.165, 1.54) is 0 Å². The Kier molecular flexibility index (Phi) is 7.05. The lowest BCUT2D eigenvalue weighted by molar-refractivity contribution is -0.671. The van der Waals surface area contributed by atoms with Crippen LogP contribution in [0.15, 0.2) is 18.7 Å². The number of carbonyl (C=O) groups is 1. The van der Waals surface area contributed by atoms with Crippen LogP contribution in [0.3, 0.4) is 0 Å². The number of rotatable bonds is 5. The molecule has 0 N–H and O–H groups in total. The standard InChI is InChI=1S/C11H20N3O.BrH/c1-4-5-6-13(3)11(15)9-14-8-7-12(2)10-14;/h7-8,10H,4-6,9H2,1-3H3;1H/q+1;/p-1. The number of likely N-dealkylation sites (N-methyl/N-ethyl adjacent to an activating group) is 1. The lowest BCUT2D eigenvalue weighted by atomic mass is 10.3. The van der Waals surface area contributed by atoms with E-state index >= 15 is 0 Å². The minimum absolute atomic E-state index is 0. The van der Waals surface area contributed by atoms with Crippen LogP contribution in [-0.2, 0) is 18.4 Å². The zero-order valence-corrected chi connectivity index (χ0v) is 11.8. The molecular weight excluding hydrogens is 270 g/mol. The van der Waals surface area contributed by atoms with Crippen molar-refractivity contribution in [2.75, 3.05) is 13.6 Å². The van der Waals surface area contributed by atoms with Gasteiger partial charge in [-0.25, -0.2) is 9.13 Å². The first-order valence-electron chi connectivity index (χ1n) is 5.38. The van der Waals surface area contributed by atoms with Gasteiger partial charge >= 0.3 is 0 Å². The lowest BCUT2D eigenvalue weighted by Crippen LogP contribution is -3.00. The van der Waals surface area contributed by atoms with Crippen molar-refractivity contribution in [3.8, 4) is 0 Å². The van der Waals surface area contributed by atoms with Crippen LogP contribution in [0, 0.1) is 0 Å². The molecule has 0 saturated heterocycles. The van der Waals surface area contributed by atoms with Gasteiger partial charge in [-0.3, -0.25) is 4.79 Å². The molecule has 0 bridgehead atoms. The van der Waals surface area contributed by atoms with Gasteiger partial charge in [0, 0.05) is 13.6 Å². The quantitative estimate of drug-likeness (QED) is 0.555. The molecule has 0 fully saturated rings. The molecule has 0 saturated carbocycles. The van der Waals surface area contributed by atoms with Crippen LogP contribution in [0.1, 0.15) is 19.8 Å². The van der Waals surface area contributed by atoms with Crippen LogP contribution in [0.5, 0.6) is 0 Å². The highest BCUT2D eigenvalue weighted by molar-refractivity contribution is 5.75. The Hall–Kier alpha value is -0.840. The van der Waals surface area contributed by atoms with Crippen molar-refractivity contribution in [3.05, 3.63) is 18.7 Å². The van der Waals surface area contributed by atoms with Crippen molar-refractivity contribution in [2.45, 2.75) is 26.3 Å². The third kappa shape index (κ3) is 4.79. The second-order valence-electron chi connectivity index (χ2n) is 3.92. The molecule has 0 spiro atoms. The van der Waals surface area contributed by atoms with Gasteiger partial charge in [-0.15, -0.1) is 0 Å². The molecule has 5 heteroatoms. The number of amides is 1. The molecule has 1 aromatic heterocycles. The largest absolute Gasteiger partial charge is 1.00 e. The second kappa shape index (κ2) is 7.44. The van der Waals surface area contributed by atoms with Gasteiger partial charge < -0.3 is 21.9 Å². The van der Waals surface area contributed by atoms with Gasteiger partial charge in [-0.2, -0.15) is 0 Å². The Morgan fingerprint density at radius 2 is 2.19 bits per heavy atom. The number of nitrogens with zero attached hydrogens (tertiary/aromatic N) is 3. The van der Waals surface area contributed by atoms with Crippen LogP contribution in [-0.4, -0.2) is 29.0 Å². The van der Waals surface area contributed by atoms with Gasteiger partial charge in [0.2, 0.25) is 6.33 Å². The van der Waals surface area contributed by atoms with E-state index in [0.29, 0.717) is 6.54 Å². The van der Waals surface area contributed by atoms with E-state index in [2.05, 4.69) is 6.92 Å². The van der Waals surface area contributed by atoms with E-state index in [-0.39, 0.29) is 22.9 Å². The van der Waals surface area contributed by atoms with Crippen LogP contribution in [0.25, 0.3) is 0 Å². The minimum Gasteiger partial charge on any atom is -1.00 e. The molecule has 1 rings (SSSR count). The van der Waals surface area contributed by atoms with Gasteiger partial charge in [0.25, 0.3) is 5.91 Å². The zero-order valence-electron chi connectivity index (χ0n) is 10.2. The van der Waals surface area contributed by atoms with Gasteiger partial charge in [-0.05, 0) is 6.42 Å². The van der Waals surface area contributed by atoms with E-state index in [4.69, 9.17) is 0 Å². The summed E-state index contributed by atoms with van der Waals surface area (Å²) >= 11 is 0. The second-order valence-corrected chi connectivity index (χ2v) is 3.92. The summed E-state index contributed by atoms with van der Waals surface area (Å²) in [6.07, 6.45) is 7.94. The summed E-state index contributed by atoms with van der Waals surface area (Å²) in [6, 6.07) is 0. The molecule has 16 heavy (non-hydrogen) atoms. The van der Waals surface area contributed by atoms with Gasteiger partial charge in [0.05, 0.1) is 7.05 Å². The average molecular weight is 290 g/mol. The molecule has 1 heterocycles. The third-order valence-corrected chi connectivity index (χ3v) is 2.41. The van der Waals surface area contributed by atoms with Crippen LogP contribution in [0.2, 0.25) is 0 Å². The van der Waals surface area contributed by atoms with Gasteiger partial charge in [0.15, 0.2) is 6.54 Å². The molecule has 0 aromatic carbocycles. The number of halogens is 1. The summed E-state index contributed by atoms with van der Waals surface area (Å²) < 4.78 is 3.82. The first kappa shape index (κ1) is 15.2. The Morgan fingerprint density at radius 1 is 1.50 bits per heavy atom. The summed E-state index contributed by atoms with van der Waals surface area (Å²) in [5.74, 6) is 0.166. The minimum atomic E-state index is 0. The van der Waals surface area contributed by atoms with Crippen LogP contribution >= 0.6 is 0 Å². The van der Waals surface area contributed by atoms with Crippen LogP contribution in [0.4, 0.5) is 0 Å². The van der Waals surface area contributed by atoms with Gasteiger partial charge in [0.1, 0.15) is 12.4 Å². The summed E-state index contributed by atoms with van der Waals surface area (Å²) in [7, 11) is 3.81. The molecule has 0 unspecified atom stereocenters. The monoisotopic (exact) mass is 289 g/mol. The van der Waals surface area contributed by atoms with Crippen molar-refractivity contribution < 1.29 is 26.3 Å². The van der Waals surface area contributed by atoms with Gasteiger partial charge in [-0.1, -0.05) is 13.3 Å². The number of carbonyl (C=O) groups excluding carboxylic acids is 1. The van der Waals surface area contributed by atoms with E-state index in [9.17, 15) is 4.79 Å². The van der Waals surface area contributed by atoms with E-state index in [0.717, 1.165) is 19.4 Å².